The molecule has 0 amide bonds. The maximum atomic E-state index is 8.82. The van der Waals surface area contributed by atoms with Gasteiger partial charge < -0.3 is 5.11 Å². The lowest BCUT2D eigenvalue weighted by Gasteiger charge is -2.38. The van der Waals surface area contributed by atoms with E-state index < -0.39 is 0 Å². The first kappa shape index (κ1) is 13.5. The van der Waals surface area contributed by atoms with Gasteiger partial charge in [-0.1, -0.05) is 11.6 Å². The summed E-state index contributed by atoms with van der Waals surface area (Å²) in [5.41, 5.74) is 4.36. The quantitative estimate of drug-likeness (QED) is 0.801. The minimum atomic E-state index is 0.0937. The van der Waals surface area contributed by atoms with Crippen LogP contribution in [0.2, 0.25) is 0 Å². The predicted octanol–water partition coefficient (Wildman–Crippen LogP) is 0.538. The molecule has 2 rings (SSSR count). The van der Waals surface area contributed by atoms with Crippen LogP contribution in [-0.2, 0) is 13.1 Å². The zero-order valence-electron chi connectivity index (χ0n) is 11.2. The molecule has 1 aliphatic heterocycles. The van der Waals surface area contributed by atoms with E-state index in [0.29, 0.717) is 25.2 Å². The van der Waals surface area contributed by atoms with Gasteiger partial charge in [0.15, 0.2) is 0 Å². The van der Waals surface area contributed by atoms with Gasteiger partial charge in [-0.3, -0.25) is 0 Å². The van der Waals surface area contributed by atoms with Crippen molar-refractivity contribution in [2.45, 2.75) is 58.3 Å². The molecular formula is C12H23N5O. The van der Waals surface area contributed by atoms with E-state index in [-0.39, 0.29) is 6.61 Å². The molecule has 1 saturated heterocycles. The largest absolute Gasteiger partial charge is 0.394 e. The van der Waals surface area contributed by atoms with Crippen LogP contribution in [-0.4, -0.2) is 43.8 Å². The molecule has 0 aromatic carbocycles. The van der Waals surface area contributed by atoms with Crippen LogP contribution in [0.4, 0.5) is 0 Å². The van der Waals surface area contributed by atoms with E-state index >= 15 is 0 Å². The molecule has 102 valence electrons. The average Bonchev–Trinajstić information content (AvgIpc) is 2.77. The topological polar surface area (TPSA) is 66.2 Å². The maximum Gasteiger partial charge on any atom is 0.0979 e. The Balaban J connectivity index is 1.85. The Hall–Kier alpha value is -0.980. The van der Waals surface area contributed by atoms with Crippen molar-refractivity contribution in [3.8, 4) is 0 Å². The molecule has 1 aromatic heterocycles. The van der Waals surface area contributed by atoms with Gasteiger partial charge in [-0.2, -0.15) is 0 Å². The standard InChI is InChI=1S/C12H23N5O/c1-10-4-3-5-11(2)17(10)13-8-12-9-16(6-7-18)15-14-12/h9-11,13,18H,3-8H2,1-2H3. The number of aliphatic hydroxyl groups excluding tert-OH is 1. The van der Waals surface area contributed by atoms with Crippen molar-refractivity contribution in [3.05, 3.63) is 11.9 Å². The summed E-state index contributed by atoms with van der Waals surface area (Å²) < 4.78 is 1.67. The van der Waals surface area contributed by atoms with Gasteiger partial charge in [0, 0.05) is 18.3 Å². The first-order valence-electron chi connectivity index (χ1n) is 6.72. The monoisotopic (exact) mass is 253 g/mol. The Kier molecular flexibility index (Phi) is 4.68. The van der Waals surface area contributed by atoms with E-state index in [1.54, 1.807) is 4.68 Å². The highest BCUT2D eigenvalue weighted by Crippen LogP contribution is 2.20. The van der Waals surface area contributed by atoms with Crippen molar-refractivity contribution in [2.75, 3.05) is 6.61 Å². The van der Waals surface area contributed by atoms with Crippen LogP contribution >= 0.6 is 0 Å². The summed E-state index contributed by atoms with van der Waals surface area (Å²) in [7, 11) is 0. The third-order valence-corrected chi connectivity index (χ3v) is 3.55. The van der Waals surface area contributed by atoms with E-state index in [9.17, 15) is 0 Å². The molecule has 18 heavy (non-hydrogen) atoms. The zero-order valence-corrected chi connectivity index (χ0v) is 11.2. The van der Waals surface area contributed by atoms with E-state index in [1.807, 2.05) is 6.20 Å². The molecule has 6 heteroatoms. The second kappa shape index (κ2) is 6.26. The Morgan fingerprint density at radius 1 is 1.39 bits per heavy atom. The fourth-order valence-electron chi connectivity index (χ4n) is 2.54. The molecule has 0 aliphatic carbocycles. The highest BCUT2D eigenvalue weighted by Gasteiger charge is 2.24. The van der Waals surface area contributed by atoms with Gasteiger partial charge in [0.2, 0.25) is 0 Å². The first-order chi connectivity index (χ1) is 8.70. The van der Waals surface area contributed by atoms with Gasteiger partial charge in [-0.25, -0.2) is 15.1 Å². The number of hydrogen-bond acceptors (Lipinski definition) is 5. The normalized spacial score (nSPS) is 25.5. The van der Waals surface area contributed by atoms with E-state index in [1.165, 1.54) is 19.3 Å². The summed E-state index contributed by atoms with van der Waals surface area (Å²) in [6, 6.07) is 1.14. The predicted molar refractivity (Wildman–Crippen MR) is 68.6 cm³/mol. The number of piperidine rings is 1. The third-order valence-electron chi connectivity index (χ3n) is 3.55. The minimum absolute atomic E-state index is 0.0937. The van der Waals surface area contributed by atoms with E-state index in [2.05, 4.69) is 34.6 Å². The van der Waals surface area contributed by atoms with Gasteiger partial charge in [0.1, 0.15) is 0 Å². The highest BCUT2D eigenvalue weighted by molar-refractivity contribution is 4.91. The minimum Gasteiger partial charge on any atom is -0.394 e. The summed E-state index contributed by atoms with van der Waals surface area (Å²) >= 11 is 0. The molecule has 1 aliphatic rings. The summed E-state index contributed by atoms with van der Waals surface area (Å²) in [5, 5.41) is 19.2. The fraction of sp³-hybridized carbons (Fsp3) is 0.833. The van der Waals surface area contributed by atoms with E-state index in [0.717, 1.165) is 5.69 Å². The first-order valence-corrected chi connectivity index (χ1v) is 6.72. The van der Waals surface area contributed by atoms with Gasteiger partial charge in [0.25, 0.3) is 0 Å². The zero-order chi connectivity index (χ0) is 13.0. The lowest BCUT2D eigenvalue weighted by atomic mass is 10.00. The van der Waals surface area contributed by atoms with E-state index in [4.69, 9.17) is 5.11 Å². The summed E-state index contributed by atoms with van der Waals surface area (Å²) in [6.45, 7) is 5.80. The van der Waals surface area contributed by atoms with Crippen LogP contribution in [0.25, 0.3) is 0 Å². The van der Waals surface area contributed by atoms with Crippen LogP contribution in [0, 0.1) is 0 Å². The maximum absolute atomic E-state index is 8.82. The molecule has 0 saturated carbocycles. The number of hydrogen-bond donors (Lipinski definition) is 2. The summed E-state index contributed by atoms with van der Waals surface area (Å²) in [5.74, 6) is 0. The number of hydrazine groups is 1. The smallest absolute Gasteiger partial charge is 0.0979 e. The lowest BCUT2D eigenvalue weighted by Crippen LogP contribution is -2.51. The summed E-state index contributed by atoms with van der Waals surface area (Å²) in [6.07, 6.45) is 5.68. The molecule has 1 fully saturated rings. The van der Waals surface area contributed by atoms with Crippen LogP contribution in [0.5, 0.6) is 0 Å². The number of nitrogens with one attached hydrogen (secondary N) is 1. The molecule has 0 radical (unpaired) electrons. The second-order valence-corrected chi connectivity index (χ2v) is 5.07. The molecular weight excluding hydrogens is 230 g/mol. The molecule has 2 unspecified atom stereocenters. The highest BCUT2D eigenvalue weighted by atomic mass is 16.3. The Morgan fingerprint density at radius 2 is 2.11 bits per heavy atom. The van der Waals surface area contributed by atoms with Gasteiger partial charge >= 0.3 is 0 Å². The van der Waals surface area contributed by atoms with Crippen molar-refractivity contribution in [1.82, 2.24) is 25.4 Å². The van der Waals surface area contributed by atoms with Crippen LogP contribution in [0.15, 0.2) is 6.20 Å². The summed E-state index contributed by atoms with van der Waals surface area (Å²) in [4.78, 5) is 0. The molecule has 2 heterocycles. The Morgan fingerprint density at radius 3 is 2.78 bits per heavy atom. The number of aliphatic hydroxyl groups is 1. The fourth-order valence-corrected chi connectivity index (χ4v) is 2.54. The number of aromatic nitrogens is 3. The molecule has 0 bridgehead atoms. The molecule has 6 nitrogen and oxygen atoms in total. The third kappa shape index (κ3) is 3.28. The van der Waals surface area contributed by atoms with Gasteiger partial charge in [-0.15, -0.1) is 5.10 Å². The van der Waals surface area contributed by atoms with Crippen molar-refractivity contribution in [3.63, 3.8) is 0 Å². The average molecular weight is 253 g/mol. The number of rotatable bonds is 5. The molecule has 0 spiro atoms. The van der Waals surface area contributed by atoms with Crippen LogP contribution < -0.4 is 5.43 Å². The lowest BCUT2D eigenvalue weighted by molar-refractivity contribution is 0.0431. The SMILES string of the molecule is CC1CCCC(C)N1NCc1cn(CCO)nn1. The van der Waals surface area contributed by atoms with Gasteiger partial charge in [0.05, 0.1) is 25.4 Å². The van der Waals surface area contributed by atoms with Crippen molar-refractivity contribution < 1.29 is 5.11 Å². The van der Waals surface area contributed by atoms with Crippen LogP contribution in [0.1, 0.15) is 38.8 Å². The Bertz CT molecular complexity index is 357. The van der Waals surface area contributed by atoms with Crippen molar-refractivity contribution in [2.24, 2.45) is 0 Å². The van der Waals surface area contributed by atoms with Crippen molar-refractivity contribution in [1.29, 1.82) is 0 Å². The second-order valence-electron chi connectivity index (χ2n) is 5.07. The van der Waals surface area contributed by atoms with Crippen molar-refractivity contribution >= 4 is 0 Å². The molecule has 1 aromatic rings. The molecule has 2 N–H and O–H groups in total. The van der Waals surface area contributed by atoms with Crippen LogP contribution in [0.3, 0.4) is 0 Å². The Labute approximate surface area is 108 Å². The van der Waals surface area contributed by atoms with Gasteiger partial charge in [-0.05, 0) is 26.7 Å². The molecule has 2 atom stereocenters. The number of nitrogens with zero attached hydrogens (tertiary/aromatic N) is 4.